The third kappa shape index (κ3) is 4.14. The Hall–Kier alpha value is -2.47. The van der Waals surface area contributed by atoms with Gasteiger partial charge in [0.25, 0.3) is 0 Å². The van der Waals surface area contributed by atoms with Gasteiger partial charge < -0.3 is 9.47 Å². The first-order valence-corrected chi connectivity index (χ1v) is 9.05. The molecule has 0 radical (unpaired) electrons. The molecule has 0 N–H and O–H groups in total. The van der Waals surface area contributed by atoms with Crippen LogP contribution >= 0.6 is 11.8 Å². The number of benzene rings is 2. The van der Waals surface area contributed by atoms with Crippen molar-refractivity contribution in [3.05, 3.63) is 59.9 Å². The van der Waals surface area contributed by atoms with Crippen LogP contribution in [0, 0.1) is 13.8 Å². The predicted molar refractivity (Wildman–Crippen MR) is 100 cm³/mol. The predicted octanol–water partition coefficient (Wildman–Crippen LogP) is 4.06. The zero-order valence-corrected chi connectivity index (χ0v) is 15.4. The molecular weight excluding hydrogens is 334 g/mol. The van der Waals surface area contributed by atoms with Gasteiger partial charge in [0.15, 0.2) is 16.7 Å². The fourth-order valence-electron chi connectivity index (χ4n) is 2.52. The van der Waals surface area contributed by atoms with Crippen molar-refractivity contribution in [3.8, 4) is 17.2 Å². The second kappa shape index (κ2) is 8.07. The third-order valence-electron chi connectivity index (χ3n) is 3.70. The minimum absolute atomic E-state index is 0.560. The number of nitrogens with zero attached hydrogens (tertiary/aromatic N) is 3. The molecule has 25 heavy (non-hydrogen) atoms. The number of hydrogen-bond donors (Lipinski definition) is 0. The molecule has 0 aliphatic rings. The molecule has 1 aromatic heterocycles. The van der Waals surface area contributed by atoms with E-state index < -0.39 is 0 Å². The summed E-state index contributed by atoms with van der Waals surface area (Å²) in [5, 5.41) is 9.38. The number of aryl methyl sites for hydroxylation is 2. The van der Waals surface area contributed by atoms with Crippen LogP contribution in [0.5, 0.6) is 11.5 Å². The van der Waals surface area contributed by atoms with E-state index in [0.29, 0.717) is 6.61 Å². The monoisotopic (exact) mass is 355 g/mol. The lowest BCUT2D eigenvalue weighted by Crippen LogP contribution is -2.04. The summed E-state index contributed by atoms with van der Waals surface area (Å²) in [5.41, 5.74) is 2.29. The van der Waals surface area contributed by atoms with Crippen molar-refractivity contribution >= 4 is 11.8 Å². The van der Waals surface area contributed by atoms with Crippen LogP contribution in [0.1, 0.15) is 11.4 Å². The number of para-hydroxylation sites is 2. The average Bonchev–Trinajstić information content (AvgIpc) is 2.99. The van der Waals surface area contributed by atoms with Gasteiger partial charge in [-0.05, 0) is 43.7 Å². The Morgan fingerprint density at radius 2 is 1.80 bits per heavy atom. The van der Waals surface area contributed by atoms with Crippen molar-refractivity contribution < 1.29 is 9.47 Å². The summed E-state index contributed by atoms with van der Waals surface area (Å²) >= 11 is 1.62. The fraction of sp³-hybridized carbons (Fsp3) is 0.263. The molecule has 0 amide bonds. The maximum Gasteiger partial charge on any atom is 0.195 e. The Balaban J connectivity index is 1.65. The molecule has 130 valence electrons. The van der Waals surface area contributed by atoms with E-state index in [2.05, 4.69) is 39.9 Å². The summed E-state index contributed by atoms with van der Waals surface area (Å²) < 4.78 is 13.2. The second-order valence-electron chi connectivity index (χ2n) is 5.55. The van der Waals surface area contributed by atoms with E-state index in [-0.39, 0.29) is 0 Å². The quantitative estimate of drug-likeness (QED) is 0.472. The molecule has 0 fully saturated rings. The second-order valence-corrected chi connectivity index (χ2v) is 6.61. The summed E-state index contributed by atoms with van der Waals surface area (Å²) in [7, 11) is 1.64. The first-order valence-electron chi connectivity index (χ1n) is 8.06. The van der Waals surface area contributed by atoms with Gasteiger partial charge in [0, 0.05) is 11.4 Å². The van der Waals surface area contributed by atoms with E-state index in [1.165, 1.54) is 5.56 Å². The highest BCUT2D eigenvalue weighted by Crippen LogP contribution is 2.27. The molecular formula is C19H21N3O2S. The zero-order chi connectivity index (χ0) is 17.6. The van der Waals surface area contributed by atoms with Gasteiger partial charge in [0.1, 0.15) is 5.82 Å². The number of thioether (sulfide) groups is 1. The lowest BCUT2D eigenvalue weighted by Gasteiger charge is -2.11. The van der Waals surface area contributed by atoms with Gasteiger partial charge in [0.2, 0.25) is 0 Å². The summed E-state index contributed by atoms with van der Waals surface area (Å²) in [6, 6.07) is 16.0. The number of methoxy groups -OCH3 is 1. The number of ether oxygens (including phenoxy) is 2. The Bertz CT molecular complexity index is 848. The highest BCUT2D eigenvalue weighted by Gasteiger charge is 2.11. The summed E-state index contributed by atoms with van der Waals surface area (Å²) in [5.74, 6) is 3.13. The molecule has 0 spiro atoms. The number of hydrogen-bond acceptors (Lipinski definition) is 5. The molecule has 2 aromatic carbocycles. The van der Waals surface area contributed by atoms with Gasteiger partial charge in [-0.25, -0.2) is 0 Å². The first-order chi connectivity index (χ1) is 12.2. The van der Waals surface area contributed by atoms with Gasteiger partial charge in [-0.2, -0.15) is 0 Å². The van der Waals surface area contributed by atoms with Crippen LogP contribution in [0.3, 0.4) is 0 Å². The lowest BCUT2D eigenvalue weighted by molar-refractivity contribution is 0.313. The Morgan fingerprint density at radius 1 is 1.00 bits per heavy atom. The number of rotatable bonds is 7. The molecule has 3 aromatic rings. The molecule has 0 atom stereocenters. The molecule has 3 rings (SSSR count). The smallest absolute Gasteiger partial charge is 0.195 e. The van der Waals surface area contributed by atoms with Crippen molar-refractivity contribution in [2.45, 2.75) is 19.0 Å². The van der Waals surface area contributed by atoms with Gasteiger partial charge in [-0.3, -0.25) is 4.57 Å². The molecule has 1 heterocycles. The molecule has 5 nitrogen and oxygen atoms in total. The maximum atomic E-state index is 5.82. The van der Waals surface area contributed by atoms with E-state index in [0.717, 1.165) is 33.9 Å². The Labute approximate surface area is 152 Å². The van der Waals surface area contributed by atoms with Crippen molar-refractivity contribution in [2.75, 3.05) is 19.5 Å². The highest BCUT2D eigenvalue weighted by atomic mass is 32.2. The Kier molecular flexibility index (Phi) is 5.60. The van der Waals surface area contributed by atoms with Crippen LogP contribution in [0.15, 0.2) is 53.7 Å². The van der Waals surface area contributed by atoms with E-state index in [1.807, 2.05) is 37.3 Å². The first kappa shape index (κ1) is 17.4. The van der Waals surface area contributed by atoms with Crippen molar-refractivity contribution in [1.29, 1.82) is 0 Å². The van der Waals surface area contributed by atoms with Crippen LogP contribution in [0.4, 0.5) is 0 Å². The maximum absolute atomic E-state index is 5.82. The summed E-state index contributed by atoms with van der Waals surface area (Å²) in [6.07, 6.45) is 0. The molecule has 0 bridgehead atoms. The van der Waals surface area contributed by atoms with Crippen LogP contribution in [0.2, 0.25) is 0 Å². The molecule has 0 saturated carbocycles. The van der Waals surface area contributed by atoms with Crippen LogP contribution < -0.4 is 9.47 Å². The minimum atomic E-state index is 0.560. The van der Waals surface area contributed by atoms with Crippen LogP contribution in [-0.2, 0) is 0 Å². The summed E-state index contributed by atoms with van der Waals surface area (Å²) in [6.45, 7) is 4.60. The molecule has 0 aliphatic carbocycles. The lowest BCUT2D eigenvalue weighted by atomic mass is 10.2. The van der Waals surface area contributed by atoms with Crippen molar-refractivity contribution in [2.24, 2.45) is 0 Å². The van der Waals surface area contributed by atoms with Crippen molar-refractivity contribution in [3.63, 3.8) is 0 Å². The number of aromatic nitrogens is 3. The van der Waals surface area contributed by atoms with Crippen molar-refractivity contribution in [1.82, 2.24) is 14.8 Å². The highest BCUT2D eigenvalue weighted by molar-refractivity contribution is 7.99. The van der Waals surface area contributed by atoms with Gasteiger partial charge in [-0.1, -0.05) is 36.0 Å². The topological polar surface area (TPSA) is 49.2 Å². The molecule has 6 heteroatoms. The molecule has 0 unspecified atom stereocenters. The molecule has 0 saturated heterocycles. The van der Waals surface area contributed by atoms with Gasteiger partial charge in [-0.15, -0.1) is 10.2 Å². The SMILES string of the molecule is COc1ccccc1OCCSc1nnc(C)n1-c1cccc(C)c1. The Morgan fingerprint density at radius 3 is 2.56 bits per heavy atom. The fourth-order valence-corrected chi connectivity index (χ4v) is 3.34. The van der Waals surface area contributed by atoms with E-state index in [4.69, 9.17) is 9.47 Å². The minimum Gasteiger partial charge on any atom is -0.493 e. The van der Waals surface area contributed by atoms with Crippen LogP contribution in [-0.4, -0.2) is 34.2 Å². The van der Waals surface area contributed by atoms with Gasteiger partial charge >= 0.3 is 0 Å². The van der Waals surface area contributed by atoms with Gasteiger partial charge in [0.05, 0.1) is 13.7 Å². The zero-order valence-electron chi connectivity index (χ0n) is 14.6. The van der Waals surface area contributed by atoms with E-state index >= 15 is 0 Å². The third-order valence-corrected chi connectivity index (χ3v) is 4.59. The largest absolute Gasteiger partial charge is 0.493 e. The normalized spacial score (nSPS) is 10.7. The molecule has 0 aliphatic heterocycles. The van der Waals surface area contributed by atoms with E-state index in [1.54, 1.807) is 18.9 Å². The standard InChI is InChI=1S/C19H21N3O2S/c1-14-7-6-8-16(13-14)22-15(2)20-21-19(22)25-12-11-24-18-10-5-4-9-17(18)23-3/h4-10,13H,11-12H2,1-3H3. The summed E-state index contributed by atoms with van der Waals surface area (Å²) in [4.78, 5) is 0. The van der Waals surface area contributed by atoms with E-state index in [9.17, 15) is 0 Å². The average molecular weight is 355 g/mol. The van der Waals surface area contributed by atoms with Crippen LogP contribution in [0.25, 0.3) is 5.69 Å².